The van der Waals surface area contributed by atoms with Gasteiger partial charge in [-0.1, -0.05) is 19.9 Å². The van der Waals surface area contributed by atoms with Gasteiger partial charge in [-0.05, 0) is 49.7 Å². The van der Waals surface area contributed by atoms with Crippen molar-refractivity contribution in [2.45, 2.75) is 20.3 Å². The first-order valence-electron chi connectivity index (χ1n) is 7.31. The molecule has 0 bridgehead atoms. The van der Waals surface area contributed by atoms with Crippen LogP contribution in [0.25, 0.3) is 0 Å². The predicted octanol–water partition coefficient (Wildman–Crippen LogP) is 2.16. The number of hydrogen-bond donors (Lipinski definition) is 1. The second kappa shape index (κ2) is 8.82. The maximum Gasteiger partial charge on any atom is 0.160 e. The van der Waals surface area contributed by atoms with Crippen LogP contribution in [0.4, 0.5) is 0 Å². The second-order valence-corrected chi connectivity index (χ2v) is 4.98. The molecule has 0 radical (unpaired) electrons. The van der Waals surface area contributed by atoms with Crippen LogP contribution in [0.3, 0.4) is 0 Å². The minimum atomic E-state index is 0.466. The van der Waals surface area contributed by atoms with Crippen LogP contribution in [0.2, 0.25) is 0 Å². The third-order valence-electron chi connectivity index (χ3n) is 3.72. The van der Waals surface area contributed by atoms with E-state index < -0.39 is 0 Å². The first kappa shape index (κ1) is 16.8. The quantitative estimate of drug-likeness (QED) is 0.753. The van der Waals surface area contributed by atoms with E-state index in [9.17, 15) is 0 Å². The molecular formula is C16H28N2O2. The third-order valence-corrected chi connectivity index (χ3v) is 3.72. The fourth-order valence-corrected chi connectivity index (χ4v) is 2.41. The Labute approximate surface area is 122 Å². The van der Waals surface area contributed by atoms with Crippen molar-refractivity contribution >= 4 is 0 Å². The molecule has 2 N–H and O–H groups in total. The number of benzene rings is 1. The van der Waals surface area contributed by atoms with Gasteiger partial charge in [-0.25, -0.2) is 0 Å². The van der Waals surface area contributed by atoms with E-state index in [1.807, 2.05) is 12.1 Å². The van der Waals surface area contributed by atoms with E-state index in [4.69, 9.17) is 15.2 Å². The lowest BCUT2D eigenvalue weighted by molar-refractivity contribution is 0.253. The molecule has 0 heterocycles. The summed E-state index contributed by atoms with van der Waals surface area (Å²) >= 11 is 0. The highest BCUT2D eigenvalue weighted by Gasteiger charge is 2.13. The molecule has 0 saturated heterocycles. The molecule has 0 aliphatic heterocycles. The van der Waals surface area contributed by atoms with Gasteiger partial charge in [0.2, 0.25) is 0 Å². The van der Waals surface area contributed by atoms with E-state index in [1.165, 1.54) is 5.56 Å². The Morgan fingerprint density at radius 3 is 2.25 bits per heavy atom. The van der Waals surface area contributed by atoms with Crippen molar-refractivity contribution in [3.05, 3.63) is 23.8 Å². The molecule has 0 aliphatic carbocycles. The number of hydrogen-bond acceptors (Lipinski definition) is 4. The average Bonchev–Trinajstić information content (AvgIpc) is 2.50. The Morgan fingerprint density at radius 2 is 1.75 bits per heavy atom. The largest absolute Gasteiger partial charge is 0.493 e. The van der Waals surface area contributed by atoms with Crippen molar-refractivity contribution in [1.29, 1.82) is 0 Å². The Balaban J connectivity index is 2.74. The first-order chi connectivity index (χ1) is 9.68. The highest BCUT2D eigenvalue weighted by atomic mass is 16.5. The number of nitrogens with zero attached hydrogens (tertiary/aromatic N) is 1. The first-order valence-corrected chi connectivity index (χ1v) is 7.31. The Bertz CT molecular complexity index is 392. The summed E-state index contributed by atoms with van der Waals surface area (Å²) in [5.74, 6) is 2.01. The van der Waals surface area contributed by atoms with E-state index in [1.54, 1.807) is 14.2 Å². The van der Waals surface area contributed by atoms with Gasteiger partial charge >= 0.3 is 0 Å². The maximum atomic E-state index is 5.92. The van der Waals surface area contributed by atoms with Crippen LogP contribution in [0.1, 0.15) is 19.4 Å². The van der Waals surface area contributed by atoms with Gasteiger partial charge in [0.05, 0.1) is 14.2 Å². The van der Waals surface area contributed by atoms with Gasteiger partial charge in [0.15, 0.2) is 11.5 Å². The molecule has 4 heteroatoms. The van der Waals surface area contributed by atoms with E-state index in [0.717, 1.165) is 37.6 Å². The lowest BCUT2D eigenvalue weighted by Crippen LogP contribution is -2.33. The molecule has 0 fully saturated rings. The van der Waals surface area contributed by atoms with Crippen LogP contribution in [-0.2, 0) is 6.42 Å². The normalized spacial score (nSPS) is 12.5. The third kappa shape index (κ3) is 4.69. The van der Waals surface area contributed by atoms with Crippen molar-refractivity contribution in [2.24, 2.45) is 11.7 Å². The molecule has 20 heavy (non-hydrogen) atoms. The number of methoxy groups -OCH3 is 2. The van der Waals surface area contributed by atoms with Crippen molar-refractivity contribution in [3.8, 4) is 11.5 Å². The highest BCUT2D eigenvalue weighted by Crippen LogP contribution is 2.28. The molecule has 114 valence electrons. The van der Waals surface area contributed by atoms with E-state index in [0.29, 0.717) is 12.5 Å². The van der Waals surface area contributed by atoms with Crippen molar-refractivity contribution in [1.82, 2.24) is 4.90 Å². The molecule has 0 aromatic heterocycles. The summed E-state index contributed by atoms with van der Waals surface area (Å²) in [6, 6.07) is 6.09. The average molecular weight is 280 g/mol. The molecule has 0 spiro atoms. The molecule has 1 unspecified atom stereocenters. The van der Waals surface area contributed by atoms with Gasteiger partial charge in [-0.3, -0.25) is 0 Å². The molecule has 1 aromatic carbocycles. The summed E-state index contributed by atoms with van der Waals surface area (Å²) in [5, 5.41) is 0. The predicted molar refractivity (Wildman–Crippen MR) is 83.6 cm³/mol. The standard InChI is InChI=1S/C16H28N2O2/c1-5-18(6-2)12-14(11-17)9-13-7-8-15(19-3)16(10-13)20-4/h7-8,10,14H,5-6,9,11-12,17H2,1-4H3. The highest BCUT2D eigenvalue weighted by molar-refractivity contribution is 5.43. The summed E-state index contributed by atoms with van der Waals surface area (Å²) in [6.45, 7) is 8.25. The Kier molecular flexibility index (Phi) is 7.41. The lowest BCUT2D eigenvalue weighted by atomic mass is 9.98. The summed E-state index contributed by atoms with van der Waals surface area (Å²) < 4.78 is 10.6. The number of nitrogens with two attached hydrogens (primary N) is 1. The minimum absolute atomic E-state index is 0.466. The van der Waals surface area contributed by atoms with Gasteiger partial charge in [0.1, 0.15) is 0 Å². The summed E-state index contributed by atoms with van der Waals surface area (Å²) in [5.41, 5.74) is 7.16. The molecule has 0 aliphatic rings. The zero-order valence-corrected chi connectivity index (χ0v) is 13.2. The van der Waals surface area contributed by atoms with Crippen LogP contribution < -0.4 is 15.2 Å². The van der Waals surface area contributed by atoms with Crippen molar-refractivity contribution in [2.75, 3.05) is 40.4 Å². The Hall–Kier alpha value is -1.26. The number of rotatable bonds is 9. The molecular weight excluding hydrogens is 252 g/mol. The van der Waals surface area contributed by atoms with Crippen molar-refractivity contribution < 1.29 is 9.47 Å². The monoisotopic (exact) mass is 280 g/mol. The molecule has 1 atom stereocenters. The minimum Gasteiger partial charge on any atom is -0.493 e. The van der Waals surface area contributed by atoms with Crippen LogP contribution in [0, 0.1) is 5.92 Å². The summed E-state index contributed by atoms with van der Waals surface area (Å²) in [7, 11) is 3.32. The van der Waals surface area contributed by atoms with Gasteiger partial charge < -0.3 is 20.1 Å². The Morgan fingerprint density at radius 1 is 1.10 bits per heavy atom. The topological polar surface area (TPSA) is 47.7 Å². The van der Waals surface area contributed by atoms with Gasteiger partial charge in [0, 0.05) is 6.54 Å². The molecule has 0 saturated carbocycles. The number of ether oxygens (including phenoxy) is 2. The fraction of sp³-hybridized carbons (Fsp3) is 0.625. The SMILES string of the molecule is CCN(CC)CC(CN)Cc1ccc(OC)c(OC)c1. The van der Waals surface area contributed by atoms with E-state index in [2.05, 4.69) is 24.8 Å². The molecule has 4 nitrogen and oxygen atoms in total. The van der Waals surface area contributed by atoms with Crippen LogP contribution in [0.5, 0.6) is 11.5 Å². The molecule has 0 amide bonds. The van der Waals surface area contributed by atoms with Crippen molar-refractivity contribution in [3.63, 3.8) is 0 Å². The smallest absolute Gasteiger partial charge is 0.160 e. The van der Waals surface area contributed by atoms with E-state index >= 15 is 0 Å². The zero-order chi connectivity index (χ0) is 15.0. The second-order valence-electron chi connectivity index (χ2n) is 4.98. The zero-order valence-electron chi connectivity index (χ0n) is 13.2. The van der Waals surface area contributed by atoms with Gasteiger partial charge in [-0.15, -0.1) is 0 Å². The molecule has 1 rings (SSSR count). The molecule has 1 aromatic rings. The summed E-state index contributed by atoms with van der Waals surface area (Å²) in [4.78, 5) is 2.41. The maximum absolute atomic E-state index is 5.92. The van der Waals surface area contributed by atoms with Gasteiger partial charge in [0.25, 0.3) is 0 Å². The fourth-order valence-electron chi connectivity index (χ4n) is 2.41. The van der Waals surface area contributed by atoms with E-state index in [-0.39, 0.29) is 0 Å². The van der Waals surface area contributed by atoms with Crippen LogP contribution in [0.15, 0.2) is 18.2 Å². The summed E-state index contributed by atoms with van der Waals surface area (Å²) in [6.07, 6.45) is 0.966. The van der Waals surface area contributed by atoms with Crippen LogP contribution >= 0.6 is 0 Å². The lowest BCUT2D eigenvalue weighted by Gasteiger charge is -2.24. The van der Waals surface area contributed by atoms with Gasteiger partial charge in [-0.2, -0.15) is 0 Å². The van der Waals surface area contributed by atoms with Crippen LogP contribution in [-0.4, -0.2) is 45.3 Å².